The van der Waals surface area contributed by atoms with Gasteiger partial charge in [-0.2, -0.15) is 11.3 Å². The molecule has 0 fully saturated rings. The smallest absolute Gasteiger partial charge is 0.257 e. The van der Waals surface area contributed by atoms with Crippen LogP contribution < -0.4 is 5.32 Å². The number of anilines is 1. The van der Waals surface area contributed by atoms with Crippen molar-refractivity contribution in [3.63, 3.8) is 0 Å². The highest BCUT2D eigenvalue weighted by molar-refractivity contribution is 7.08. The number of aromatic nitrogens is 1. The topological polar surface area (TPSA) is 44.9 Å². The number of carbonyl (C=O) groups is 1. The summed E-state index contributed by atoms with van der Waals surface area (Å²) in [7, 11) is 0. The molecule has 3 nitrogen and oxygen atoms in total. The van der Waals surface area contributed by atoms with Gasteiger partial charge in [-0.1, -0.05) is 12.1 Å². The maximum absolute atomic E-state index is 12.1. The number of benzene rings is 1. The van der Waals surface area contributed by atoms with Gasteiger partial charge in [-0.25, -0.2) is 0 Å². The SMILES string of the molecule is O=C(Nc1ccsc1)c1cccc2cc[nH]c12. The van der Waals surface area contributed by atoms with Crippen LogP contribution in [-0.4, -0.2) is 10.9 Å². The highest BCUT2D eigenvalue weighted by Gasteiger charge is 2.10. The van der Waals surface area contributed by atoms with Crippen LogP contribution in [0.1, 0.15) is 10.4 Å². The predicted octanol–water partition coefficient (Wildman–Crippen LogP) is 3.48. The van der Waals surface area contributed by atoms with Crippen molar-refractivity contribution in [3.8, 4) is 0 Å². The molecule has 1 amide bonds. The normalized spacial score (nSPS) is 10.6. The number of H-pyrrole nitrogens is 1. The van der Waals surface area contributed by atoms with E-state index in [0.717, 1.165) is 16.6 Å². The van der Waals surface area contributed by atoms with Crippen LogP contribution in [-0.2, 0) is 0 Å². The number of nitrogens with one attached hydrogen (secondary N) is 2. The Hall–Kier alpha value is -2.07. The second kappa shape index (κ2) is 4.07. The molecular formula is C13H10N2OS. The summed E-state index contributed by atoms with van der Waals surface area (Å²) in [6.07, 6.45) is 1.84. The number of rotatable bonds is 2. The zero-order valence-corrected chi connectivity index (χ0v) is 9.75. The van der Waals surface area contributed by atoms with Crippen LogP contribution in [0.3, 0.4) is 0 Å². The van der Waals surface area contributed by atoms with Crippen molar-refractivity contribution in [1.29, 1.82) is 0 Å². The van der Waals surface area contributed by atoms with Crippen molar-refractivity contribution in [2.45, 2.75) is 0 Å². The average molecular weight is 242 g/mol. The molecule has 1 aromatic carbocycles. The first kappa shape index (κ1) is 10.1. The molecule has 0 spiro atoms. The summed E-state index contributed by atoms with van der Waals surface area (Å²) in [5.74, 6) is -0.0866. The highest BCUT2D eigenvalue weighted by atomic mass is 32.1. The summed E-state index contributed by atoms with van der Waals surface area (Å²) in [4.78, 5) is 15.2. The molecule has 0 radical (unpaired) electrons. The molecule has 4 heteroatoms. The van der Waals surface area contributed by atoms with Crippen molar-refractivity contribution < 1.29 is 4.79 Å². The second-order valence-electron chi connectivity index (χ2n) is 3.71. The van der Waals surface area contributed by atoms with E-state index in [0.29, 0.717) is 5.56 Å². The third-order valence-electron chi connectivity index (χ3n) is 2.61. The van der Waals surface area contributed by atoms with E-state index in [1.807, 2.05) is 47.3 Å². The lowest BCUT2D eigenvalue weighted by Crippen LogP contribution is -2.11. The predicted molar refractivity (Wildman–Crippen MR) is 70.6 cm³/mol. The van der Waals surface area contributed by atoms with Crippen LogP contribution in [0.25, 0.3) is 10.9 Å². The highest BCUT2D eigenvalue weighted by Crippen LogP contribution is 2.19. The molecule has 2 aromatic heterocycles. The molecule has 0 aliphatic rings. The molecule has 0 saturated heterocycles. The van der Waals surface area contributed by atoms with Gasteiger partial charge < -0.3 is 10.3 Å². The molecule has 3 aromatic rings. The van der Waals surface area contributed by atoms with Crippen LogP contribution in [0, 0.1) is 0 Å². The summed E-state index contributed by atoms with van der Waals surface area (Å²) >= 11 is 1.56. The largest absolute Gasteiger partial charge is 0.361 e. The van der Waals surface area contributed by atoms with E-state index in [1.165, 1.54) is 0 Å². The summed E-state index contributed by atoms with van der Waals surface area (Å²) in [6, 6.07) is 9.53. The van der Waals surface area contributed by atoms with Gasteiger partial charge in [0.15, 0.2) is 0 Å². The van der Waals surface area contributed by atoms with Crippen LogP contribution in [0.4, 0.5) is 5.69 Å². The Morgan fingerprint density at radius 1 is 1.24 bits per heavy atom. The Labute approximate surface area is 102 Å². The molecule has 17 heavy (non-hydrogen) atoms. The van der Waals surface area contributed by atoms with Gasteiger partial charge in [0.1, 0.15) is 0 Å². The van der Waals surface area contributed by atoms with Gasteiger partial charge in [0, 0.05) is 17.0 Å². The second-order valence-corrected chi connectivity index (χ2v) is 4.49. The first-order valence-corrected chi connectivity index (χ1v) is 6.18. The van der Waals surface area contributed by atoms with Gasteiger partial charge in [-0.15, -0.1) is 0 Å². The number of thiophene rings is 1. The first-order valence-electron chi connectivity index (χ1n) is 5.24. The molecule has 0 aliphatic carbocycles. The molecule has 0 unspecified atom stereocenters. The fourth-order valence-corrected chi connectivity index (χ4v) is 2.40. The lowest BCUT2D eigenvalue weighted by molar-refractivity contribution is 0.102. The van der Waals surface area contributed by atoms with Crippen molar-refractivity contribution in [2.24, 2.45) is 0 Å². The number of aromatic amines is 1. The van der Waals surface area contributed by atoms with Crippen molar-refractivity contribution in [1.82, 2.24) is 4.98 Å². The standard InChI is InChI=1S/C13H10N2OS/c16-13(15-10-5-7-17-8-10)11-3-1-2-9-4-6-14-12(9)11/h1-8,14H,(H,15,16). The van der Waals surface area contributed by atoms with Gasteiger partial charge in [0.25, 0.3) is 5.91 Å². The van der Waals surface area contributed by atoms with Gasteiger partial charge in [0.2, 0.25) is 0 Å². The first-order chi connectivity index (χ1) is 8.34. The number of carbonyl (C=O) groups excluding carboxylic acids is 1. The fourth-order valence-electron chi connectivity index (χ4n) is 1.81. The van der Waals surface area contributed by atoms with Gasteiger partial charge >= 0.3 is 0 Å². The van der Waals surface area contributed by atoms with Gasteiger partial charge in [-0.05, 0) is 23.6 Å². The zero-order chi connectivity index (χ0) is 11.7. The molecule has 3 rings (SSSR count). The molecular weight excluding hydrogens is 232 g/mol. The number of hydrogen-bond acceptors (Lipinski definition) is 2. The minimum atomic E-state index is -0.0866. The summed E-state index contributed by atoms with van der Waals surface area (Å²) in [6.45, 7) is 0. The minimum absolute atomic E-state index is 0.0866. The van der Waals surface area contributed by atoms with E-state index in [-0.39, 0.29) is 5.91 Å². The third kappa shape index (κ3) is 1.83. The third-order valence-corrected chi connectivity index (χ3v) is 3.29. The van der Waals surface area contributed by atoms with Crippen LogP contribution >= 0.6 is 11.3 Å². The van der Waals surface area contributed by atoms with Gasteiger partial charge in [-0.3, -0.25) is 4.79 Å². The molecule has 84 valence electrons. The van der Waals surface area contributed by atoms with E-state index in [4.69, 9.17) is 0 Å². The molecule has 0 bridgehead atoms. The minimum Gasteiger partial charge on any atom is -0.361 e. The van der Waals surface area contributed by atoms with Crippen molar-refractivity contribution >= 4 is 33.8 Å². The Morgan fingerprint density at radius 2 is 2.18 bits per heavy atom. The lowest BCUT2D eigenvalue weighted by atomic mass is 10.1. The number of para-hydroxylation sites is 1. The van der Waals surface area contributed by atoms with E-state index in [9.17, 15) is 4.79 Å². The number of fused-ring (bicyclic) bond motifs is 1. The Bertz CT molecular complexity index is 655. The number of hydrogen-bond donors (Lipinski definition) is 2. The van der Waals surface area contributed by atoms with Crippen LogP contribution in [0.5, 0.6) is 0 Å². The van der Waals surface area contributed by atoms with E-state index >= 15 is 0 Å². The molecule has 2 heterocycles. The maximum Gasteiger partial charge on any atom is 0.257 e. The Morgan fingerprint density at radius 3 is 3.00 bits per heavy atom. The fraction of sp³-hybridized carbons (Fsp3) is 0. The van der Waals surface area contributed by atoms with Crippen LogP contribution in [0.2, 0.25) is 0 Å². The Kier molecular flexibility index (Phi) is 2.42. The quantitative estimate of drug-likeness (QED) is 0.710. The molecule has 2 N–H and O–H groups in total. The average Bonchev–Trinajstić information content (AvgIpc) is 2.97. The maximum atomic E-state index is 12.1. The molecule has 0 atom stereocenters. The molecule has 0 saturated carbocycles. The van der Waals surface area contributed by atoms with Crippen molar-refractivity contribution in [2.75, 3.05) is 5.32 Å². The summed E-state index contributed by atoms with van der Waals surface area (Å²) in [5, 5.41) is 7.76. The van der Waals surface area contributed by atoms with E-state index in [1.54, 1.807) is 11.3 Å². The summed E-state index contributed by atoms with van der Waals surface area (Å²) in [5.41, 5.74) is 2.38. The van der Waals surface area contributed by atoms with E-state index < -0.39 is 0 Å². The van der Waals surface area contributed by atoms with Gasteiger partial charge in [0.05, 0.1) is 16.8 Å². The van der Waals surface area contributed by atoms with Crippen LogP contribution in [0.15, 0.2) is 47.3 Å². The van der Waals surface area contributed by atoms with Crippen molar-refractivity contribution in [3.05, 3.63) is 52.9 Å². The lowest BCUT2D eigenvalue weighted by Gasteiger charge is -2.04. The number of amides is 1. The zero-order valence-electron chi connectivity index (χ0n) is 8.94. The molecule has 0 aliphatic heterocycles. The summed E-state index contributed by atoms with van der Waals surface area (Å²) < 4.78 is 0. The monoisotopic (exact) mass is 242 g/mol. The van der Waals surface area contributed by atoms with E-state index in [2.05, 4.69) is 10.3 Å². The Balaban J connectivity index is 1.98.